The number of carbonyl (C=O) groups excluding carboxylic acids is 1. The first-order valence-corrected chi connectivity index (χ1v) is 9.94. The molecule has 1 amide bonds. The fourth-order valence-electron chi connectivity index (χ4n) is 3.64. The van der Waals surface area contributed by atoms with Crippen molar-refractivity contribution >= 4 is 5.91 Å². The number of nitrogens with zero attached hydrogens (tertiary/aromatic N) is 2. The third-order valence-electron chi connectivity index (χ3n) is 5.37. The van der Waals surface area contributed by atoms with E-state index < -0.39 is 0 Å². The van der Waals surface area contributed by atoms with E-state index in [4.69, 9.17) is 4.52 Å². The molecule has 2 heterocycles. The number of aromatic nitrogens is 1. The zero-order valence-electron chi connectivity index (χ0n) is 16.2. The van der Waals surface area contributed by atoms with Crippen LogP contribution in [0, 0.1) is 11.7 Å². The Labute approximate surface area is 169 Å². The molecule has 29 heavy (non-hydrogen) atoms. The molecular weight excluding hydrogens is 369 g/mol. The summed E-state index contributed by atoms with van der Waals surface area (Å²) in [5.74, 6) is 0.830. The summed E-state index contributed by atoms with van der Waals surface area (Å²) in [6, 6.07) is 17.6. The van der Waals surface area contributed by atoms with Gasteiger partial charge in [0.05, 0.1) is 6.54 Å². The van der Waals surface area contributed by atoms with Gasteiger partial charge in [0.15, 0.2) is 5.76 Å². The summed E-state index contributed by atoms with van der Waals surface area (Å²) >= 11 is 0. The quantitative estimate of drug-likeness (QED) is 0.684. The topological polar surface area (TPSA) is 58.4 Å². The van der Waals surface area contributed by atoms with E-state index in [0.29, 0.717) is 18.0 Å². The fourth-order valence-corrected chi connectivity index (χ4v) is 3.64. The van der Waals surface area contributed by atoms with E-state index in [1.807, 2.05) is 36.4 Å². The Kier molecular flexibility index (Phi) is 6.00. The van der Waals surface area contributed by atoms with Gasteiger partial charge in [0.2, 0.25) is 0 Å². The van der Waals surface area contributed by atoms with Crippen LogP contribution < -0.4 is 5.32 Å². The first-order valence-electron chi connectivity index (χ1n) is 9.94. The molecule has 1 aliphatic heterocycles. The molecule has 0 atom stereocenters. The number of hydrogen-bond donors (Lipinski definition) is 1. The van der Waals surface area contributed by atoms with Crippen molar-refractivity contribution < 1.29 is 13.7 Å². The van der Waals surface area contributed by atoms with E-state index >= 15 is 0 Å². The molecule has 1 aromatic heterocycles. The third-order valence-corrected chi connectivity index (χ3v) is 5.37. The van der Waals surface area contributed by atoms with Crippen LogP contribution in [0.1, 0.15) is 29.0 Å². The van der Waals surface area contributed by atoms with Crippen molar-refractivity contribution in [1.29, 1.82) is 0 Å². The number of benzene rings is 2. The predicted molar refractivity (Wildman–Crippen MR) is 109 cm³/mol. The minimum absolute atomic E-state index is 0.150. The van der Waals surface area contributed by atoms with Crippen LogP contribution in [-0.4, -0.2) is 35.6 Å². The second-order valence-electron chi connectivity index (χ2n) is 7.48. The average molecular weight is 393 g/mol. The molecule has 1 aliphatic rings. The van der Waals surface area contributed by atoms with Gasteiger partial charge >= 0.3 is 0 Å². The number of rotatable bonds is 6. The molecule has 1 fully saturated rings. The van der Waals surface area contributed by atoms with Crippen LogP contribution in [0.3, 0.4) is 0 Å². The summed E-state index contributed by atoms with van der Waals surface area (Å²) < 4.78 is 18.5. The lowest BCUT2D eigenvalue weighted by Gasteiger charge is -2.31. The highest BCUT2D eigenvalue weighted by atomic mass is 19.1. The number of likely N-dealkylation sites (tertiary alicyclic amines) is 1. The summed E-state index contributed by atoms with van der Waals surface area (Å²) in [5.41, 5.74) is 2.40. The van der Waals surface area contributed by atoms with Crippen molar-refractivity contribution in [2.75, 3.05) is 19.6 Å². The van der Waals surface area contributed by atoms with Crippen LogP contribution in [-0.2, 0) is 6.54 Å². The van der Waals surface area contributed by atoms with Gasteiger partial charge in [-0.15, -0.1) is 0 Å². The van der Waals surface area contributed by atoms with E-state index in [1.165, 1.54) is 24.3 Å². The summed E-state index contributed by atoms with van der Waals surface area (Å²) in [5, 5.41) is 7.14. The van der Waals surface area contributed by atoms with Gasteiger partial charge in [-0.05, 0) is 56.1 Å². The Balaban J connectivity index is 1.22. The standard InChI is InChI=1S/C23H24FN3O2/c24-20-8-6-19(7-9-20)23(28)25-15-17-10-12-27(13-11-17)16-21-14-22(26-29-21)18-4-2-1-3-5-18/h1-9,14,17H,10-13,15-16H2,(H,25,28). The molecular formula is C23H24FN3O2. The number of carbonyl (C=O) groups is 1. The van der Waals surface area contributed by atoms with Crippen molar-refractivity contribution in [2.24, 2.45) is 5.92 Å². The zero-order chi connectivity index (χ0) is 20.1. The van der Waals surface area contributed by atoms with E-state index in [2.05, 4.69) is 15.4 Å². The SMILES string of the molecule is O=C(NCC1CCN(Cc2cc(-c3ccccc3)no2)CC1)c1ccc(F)cc1. The molecule has 4 rings (SSSR count). The van der Waals surface area contributed by atoms with Gasteiger partial charge in [0.1, 0.15) is 11.5 Å². The molecule has 0 bridgehead atoms. The van der Waals surface area contributed by atoms with Gasteiger partial charge in [-0.1, -0.05) is 35.5 Å². The summed E-state index contributed by atoms with van der Waals surface area (Å²) in [4.78, 5) is 14.5. The normalized spacial score (nSPS) is 15.3. The zero-order valence-corrected chi connectivity index (χ0v) is 16.2. The minimum Gasteiger partial charge on any atom is -0.359 e. The molecule has 2 aromatic carbocycles. The van der Waals surface area contributed by atoms with Crippen molar-refractivity contribution in [3.8, 4) is 11.3 Å². The van der Waals surface area contributed by atoms with Crippen LogP contribution >= 0.6 is 0 Å². The molecule has 0 unspecified atom stereocenters. The monoisotopic (exact) mass is 393 g/mol. The maximum atomic E-state index is 13.0. The van der Waals surface area contributed by atoms with E-state index in [1.54, 1.807) is 0 Å². The van der Waals surface area contributed by atoms with Gasteiger partial charge in [-0.3, -0.25) is 9.69 Å². The molecule has 0 saturated carbocycles. The second kappa shape index (κ2) is 9.01. The van der Waals surface area contributed by atoms with Crippen molar-refractivity contribution in [2.45, 2.75) is 19.4 Å². The van der Waals surface area contributed by atoms with Crippen LogP contribution in [0.25, 0.3) is 11.3 Å². The highest BCUT2D eigenvalue weighted by Gasteiger charge is 2.21. The molecule has 1 saturated heterocycles. The molecule has 1 N–H and O–H groups in total. The van der Waals surface area contributed by atoms with E-state index in [-0.39, 0.29) is 11.7 Å². The molecule has 0 radical (unpaired) electrons. The number of amides is 1. The third kappa shape index (κ3) is 5.09. The minimum atomic E-state index is -0.337. The Hall–Kier alpha value is -2.99. The first-order chi connectivity index (χ1) is 14.2. The highest BCUT2D eigenvalue weighted by molar-refractivity contribution is 5.94. The first kappa shape index (κ1) is 19.3. The van der Waals surface area contributed by atoms with Gasteiger partial charge in [0, 0.05) is 23.7 Å². The Morgan fingerprint density at radius 2 is 1.83 bits per heavy atom. The lowest BCUT2D eigenvalue weighted by atomic mass is 9.96. The average Bonchev–Trinajstić information content (AvgIpc) is 3.23. The predicted octanol–water partition coefficient (Wildman–Crippen LogP) is 4.12. The highest BCUT2D eigenvalue weighted by Crippen LogP contribution is 2.22. The molecule has 5 nitrogen and oxygen atoms in total. The van der Waals surface area contributed by atoms with Gasteiger partial charge in [-0.2, -0.15) is 0 Å². The number of hydrogen-bond acceptors (Lipinski definition) is 4. The lowest BCUT2D eigenvalue weighted by Crippen LogP contribution is -2.38. The Morgan fingerprint density at radius 1 is 1.10 bits per heavy atom. The Morgan fingerprint density at radius 3 is 2.55 bits per heavy atom. The van der Waals surface area contributed by atoms with Crippen LogP contribution in [0.5, 0.6) is 0 Å². The largest absolute Gasteiger partial charge is 0.359 e. The fraction of sp³-hybridized carbons (Fsp3) is 0.304. The molecule has 150 valence electrons. The molecule has 3 aromatic rings. The lowest BCUT2D eigenvalue weighted by molar-refractivity contribution is 0.0933. The van der Waals surface area contributed by atoms with Crippen LogP contribution in [0.15, 0.2) is 65.2 Å². The van der Waals surface area contributed by atoms with Crippen molar-refractivity contribution in [3.63, 3.8) is 0 Å². The number of halogens is 1. The van der Waals surface area contributed by atoms with Crippen LogP contribution in [0.2, 0.25) is 0 Å². The van der Waals surface area contributed by atoms with Gasteiger partial charge in [-0.25, -0.2) is 4.39 Å². The molecule has 0 aliphatic carbocycles. The maximum absolute atomic E-state index is 13.0. The van der Waals surface area contributed by atoms with Gasteiger partial charge < -0.3 is 9.84 Å². The molecule has 0 spiro atoms. The number of piperidine rings is 1. The Bertz CT molecular complexity index is 932. The van der Waals surface area contributed by atoms with E-state index in [9.17, 15) is 9.18 Å². The molecule has 6 heteroatoms. The van der Waals surface area contributed by atoms with Crippen molar-refractivity contribution in [1.82, 2.24) is 15.4 Å². The summed E-state index contributed by atoms with van der Waals surface area (Å²) in [6.45, 7) is 3.30. The van der Waals surface area contributed by atoms with Gasteiger partial charge in [0.25, 0.3) is 5.91 Å². The number of nitrogens with one attached hydrogen (secondary N) is 1. The summed E-state index contributed by atoms with van der Waals surface area (Å²) in [7, 11) is 0. The van der Waals surface area contributed by atoms with Crippen LogP contribution in [0.4, 0.5) is 4.39 Å². The maximum Gasteiger partial charge on any atom is 0.251 e. The second-order valence-corrected chi connectivity index (χ2v) is 7.48. The summed E-state index contributed by atoms with van der Waals surface area (Å²) in [6.07, 6.45) is 2.03. The van der Waals surface area contributed by atoms with E-state index in [0.717, 1.165) is 49.5 Å². The van der Waals surface area contributed by atoms with Crippen molar-refractivity contribution in [3.05, 3.63) is 77.8 Å². The smallest absolute Gasteiger partial charge is 0.251 e.